The van der Waals surface area contributed by atoms with Gasteiger partial charge in [-0.2, -0.15) is 0 Å². The van der Waals surface area contributed by atoms with Crippen molar-refractivity contribution in [2.45, 2.75) is 18.2 Å². The van der Waals surface area contributed by atoms with E-state index >= 15 is 0 Å². The number of thioether (sulfide) groups is 1. The topological polar surface area (TPSA) is 63.4 Å². The van der Waals surface area contributed by atoms with E-state index in [2.05, 4.69) is 30.3 Å². The number of nitrogens with zero attached hydrogens (tertiary/aromatic N) is 2. The second kappa shape index (κ2) is 6.63. The fourth-order valence-corrected chi connectivity index (χ4v) is 5.60. The van der Waals surface area contributed by atoms with Gasteiger partial charge in [-0.25, -0.2) is 0 Å². The number of carbonyl (C=O) groups is 1. The predicted molar refractivity (Wildman–Crippen MR) is 111 cm³/mol. The third-order valence-electron chi connectivity index (χ3n) is 5.65. The van der Waals surface area contributed by atoms with Gasteiger partial charge in [0.25, 0.3) is 11.6 Å². The Kier molecular flexibility index (Phi) is 4.09. The molecule has 0 radical (unpaired) electrons. The molecule has 0 saturated carbocycles. The Morgan fingerprint density at radius 3 is 2.54 bits per heavy atom. The van der Waals surface area contributed by atoms with Crippen molar-refractivity contribution in [3.8, 4) is 0 Å². The van der Waals surface area contributed by atoms with Gasteiger partial charge in [-0.05, 0) is 52.4 Å². The molecule has 3 aromatic carbocycles. The van der Waals surface area contributed by atoms with Gasteiger partial charge in [0.1, 0.15) is 5.37 Å². The standard InChI is InChI=1S/C22H18N2O3S/c25-21(16-6-9-17(10-7-16)24(26)27)23-12-13-28-22(23)19-11-8-15-5-4-14-2-1-3-18(19)20(14)15/h1-3,6-11,22H,4-5,12-13H2. The van der Waals surface area contributed by atoms with Gasteiger partial charge in [-0.15, -0.1) is 11.8 Å². The van der Waals surface area contributed by atoms with Crippen molar-refractivity contribution in [2.24, 2.45) is 0 Å². The van der Waals surface area contributed by atoms with E-state index in [4.69, 9.17) is 0 Å². The van der Waals surface area contributed by atoms with Gasteiger partial charge in [0, 0.05) is 30.0 Å². The molecule has 5 nitrogen and oxygen atoms in total. The Labute approximate surface area is 166 Å². The highest BCUT2D eigenvalue weighted by Crippen LogP contribution is 2.44. The molecule has 0 aromatic heterocycles. The molecule has 140 valence electrons. The highest BCUT2D eigenvalue weighted by Gasteiger charge is 2.33. The quantitative estimate of drug-likeness (QED) is 0.479. The molecule has 0 spiro atoms. The van der Waals surface area contributed by atoms with Crippen LogP contribution in [0.5, 0.6) is 0 Å². The maximum atomic E-state index is 13.1. The molecular weight excluding hydrogens is 372 g/mol. The molecule has 2 aliphatic rings. The third-order valence-corrected chi connectivity index (χ3v) is 6.90. The number of hydrogen-bond acceptors (Lipinski definition) is 4. The molecule has 1 heterocycles. The third kappa shape index (κ3) is 2.67. The minimum atomic E-state index is -0.449. The first-order chi connectivity index (χ1) is 13.6. The molecule has 3 aromatic rings. The van der Waals surface area contributed by atoms with E-state index < -0.39 is 4.92 Å². The van der Waals surface area contributed by atoms with Crippen molar-refractivity contribution in [2.75, 3.05) is 12.3 Å². The van der Waals surface area contributed by atoms with Crippen molar-refractivity contribution in [1.29, 1.82) is 0 Å². The number of nitro groups is 1. The zero-order valence-corrected chi connectivity index (χ0v) is 15.9. The highest BCUT2D eigenvalue weighted by atomic mass is 32.2. The molecule has 1 fully saturated rings. The van der Waals surface area contributed by atoms with Crippen LogP contribution in [0.1, 0.15) is 32.4 Å². The van der Waals surface area contributed by atoms with E-state index in [-0.39, 0.29) is 17.0 Å². The summed E-state index contributed by atoms with van der Waals surface area (Å²) < 4.78 is 0. The maximum Gasteiger partial charge on any atom is 0.269 e. The number of rotatable bonds is 3. The van der Waals surface area contributed by atoms with Crippen molar-refractivity contribution in [1.82, 2.24) is 4.90 Å². The number of hydrogen-bond donors (Lipinski definition) is 0. The van der Waals surface area contributed by atoms with Crippen LogP contribution in [0.3, 0.4) is 0 Å². The Morgan fingerprint density at radius 1 is 1.04 bits per heavy atom. The van der Waals surface area contributed by atoms with Crippen LogP contribution >= 0.6 is 11.8 Å². The van der Waals surface area contributed by atoms with E-state index in [1.807, 2.05) is 4.90 Å². The summed E-state index contributed by atoms with van der Waals surface area (Å²) in [5, 5.41) is 13.4. The lowest BCUT2D eigenvalue weighted by molar-refractivity contribution is -0.384. The second-order valence-corrected chi connectivity index (χ2v) is 8.37. The fourth-order valence-electron chi connectivity index (χ4n) is 4.31. The lowest BCUT2D eigenvalue weighted by Gasteiger charge is -2.25. The molecule has 1 amide bonds. The summed E-state index contributed by atoms with van der Waals surface area (Å²) in [5.41, 5.74) is 4.46. The Bertz CT molecular complexity index is 1100. The SMILES string of the molecule is O=C(c1ccc([N+](=O)[O-])cc1)N1CCSC1c1ccc2c3c(cccc13)CC2. The first kappa shape index (κ1) is 17.3. The predicted octanol–water partition coefficient (Wildman–Crippen LogP) is 4.73. The van der Waals surface area contributed by atoms with Crippen LogP contribution in [0.2, 0.25) is 0 Å². The summed E-state index contributed by atoms with van der Waals surface area (Å²) in [6.45, 7) is 0.675. The van der Waals surface area contributed by atoms with Crippen molar-refractivity contribution in [3.63, 3.8) is 0 Å². The Morgan fingerprint density at radius 2 is 1.79 bits per heavy atom. The summed E-state index contributed by atoms with van der Waals surface area (Å²) in [6, 6.07) is 16.7. The zero-order valence-electron chi connectivity index (χ0n) is 15.1. The first-order valence-electron chi connectivity index (χ1n) is 9.34. The smallest absolute Gasteiger partial charge is 0.269 e. The number of benzene rings is 3. The first-order valence-corrected chi connectivity index (χ1v) is 10.4. The van der Waals surface area contributed by atoms with Gasteiger partial charge in [-0.3, -0.25) is 14.9 Å². The zero-order chi connectivity index (χ0) is 19.3. The van der Waals surface area contributed by atoms with Crippen LogP contribution in [0.15, 0.2) is 54.6 Å². The minimum absolute atomic E-state index is 0.00333. The monoisotopic (exact) mass is 390 g/mol. The van der Waals surface area contributed by atoms with Crippen molar-refractivity contribution in [3.05, 3.63) is 87.0 Å². The maximum absolute atomic E-state index is 13.1. The molecule has 28 heavy (non-hydrogen) atoms. The largest absolute Gasteiger partial charge is 0.322 e. The molecule has 1 atom stereocenters. The number of nitro benzene ring substituents is 1. The van der Waals surface area contributed by atoms with Gasteiger partial charge < -0.3 is 4.90 Å². The number of non-ortho nitro benzene ring substituents is 1. The Hall–Kier alpha value is -2.86. The number of amides is 1. The average Bonchev–Trinajstić information content (AvgIpc) is 3.36. The molecule has 1 aliphatic carbocycles. The number of aryl methyl sites for hydroxylation is 2. The second-order valence-electron chi connectivity index (χ2n) is 7.18. The summed E-state index contributed by atoms with van der Waals surface area (Å²) in [6.07, 6.45) is 2.17. The van der Waals surface area contributed by atoms with Crippen LogP contribution < -0.4 is 0 Å². The van der Waals surface area contributed by atoms with Gasteiger partial charge in [0.15, 0.2) is 0 Å². The van der Waals surface area contributed by atoms with E-state index in [1.54, 1.807) is 23.9 Å². The lowest BCUT2D eigenvalue weighted by Crippen LogP contribution is -2.30. The highest BCUT2D eigenvalue weighted by molar-refractivity contribution is 7.99. The van der Waals surface area contributed by atoms with E-state index in [9.17, 15) is 14.9 Å². The van der Waals surface area contributed by atoms with Crippen LogP contribution in [0.25, 0.3) is 10.8 Å². The van der Waals surface area contributed by atoms with Crippen LogP contribution in [-0.2, 0) is 12.8 Å². The number of carbonyl (C=O) groups excluding carboxylic acids is 1. The van der Waals surface area contributed by atoms with E-state index in [1.165, 1.54) is 39.6 Å². The lowest BCUT2D eigenvalue weighted by atomic mass is 9.99. The molecule has 6 heteroatoms. The molecule has 1 unspecified atom stereocenters. The molecule has 5 rings (SSSR count). The van der Waals surface area contributed by atoms with Crippen LogP contribution in [-0.4, -0.2) is 28.0 Å². The molecule has 1 saturated heterocycles. The molecule has 0 bridgehead atoms. The molecule has 0 N–H and O–H groups in total. The van der Waals surface area contributed by atoms with Gasteiger partial charge in [0.05, 0.1) is 4.92 Å². The van der Waals surface area contributed by atoms with Crippen LogP contribution in [0, 0.1) is 10.1 Å². The minimum Gasteiger partial charge on any atom is -0.322 e. The van der Waals surface area contributed by atoms with E-state index in [0.29, 0.717) is 12.1 Å². The summed E-state index contributed by atoms with van der Waals surface area (Å²) >= 11 is 1.78. The van der Waals surface area contributed by atoms with Gasteiger partial charge in [-0.1, -0.05) is 30.3 Å². The van der Waals surface area contributed by atoms with Crippen molar-refractivity contribution < 1.29 is 9.72 Å². The van der Waals surface area contributed by atoms with Crippen LogP contribution in [0.4, 0.5) is 5.69 Å². The summed E-state index contributed by atoms with van der Waals surface area (Å²) in [7, 11) is 0. The molecule has 1 aliphatic heterocycles. The average molecular weight is 390 g/mol. The summed E-state index contributed by atoms with van der Waals surface area (Å²) in [5.74, 6) is 0.805. The summed E-state index contributed by atoms with van der Waals surface area (Å²) in [4.78, 5) is 25.4. The van der Waals surface area contributed by atoms with Gasteiger partial charge >= 0.3 is 0 Å². The van der Waals surface area contributed by atoms with Crippen molar-refractivity contribution >= 4 is 34.1 Å². The normalized spacial score (nSPS) is 18.0. The fraction of sp³-hybridized carbons (Fsp3) is 0.227. The molecular formula is C22H18N2O3S. The van der Waals surface area contributed by atoms with E-state index in [0.717, 1.165) is 18.6 Å². The Balaban J connectivity index is 1.52. The van der Waals surface area contributed by atoms with Gasteiger partial charge in [0.2, 0.25) is 0 Å².